The zero-order valence-electron chi connectivity index (χ0n) is 17.3. The van der Waals surface area contributed by atoms with E-state index in [1.54, 1.807) is 19.1 Å². The molecular weight excluding hydrogens is 424 g/mol. The Kier molecular flexibility index (Phi) is 6.23. The van der Waals surface area contributed by atoms with Gasteiger partial charge in [0, 0.05) is 11.9 Å². The van der Waals surface area contributed by atoms with Crippen LogP contribution in [0.3, 0.4) is 0 Å². The minimum absolute atomic E-state index is 0.0655. The van der Waals surface area contributed by atoms with Gasteiger partial charge in [-0.05, 0) is 43.7 Å². The number of phenols is 1. The van der Waals surface area contributed by atoms with Gasteiger partial charge in [-0.25, -0.2) is 8.42 Å². The van der Waals surface area contributed by atoms with E-state index in [1.807, 2.05) is 0 Å². The summed E-state index contributed by atoms with van der Waals surface area (Å²) in [7, 11) is -3.61. The molecule has 3 N–H and O–H groups in total. The zero-order valence-corrected chi connectivity index (χ0v) is 18.1. The van der Waals surface area contributed by atoms with Crippen molar-refractivity contribution in [1.29, 1.82) is 0 Å². The number of aliphatic hydroxyl groups is 1. The zero-order chi connectivity index (χ0) is 22.9. The molecule has 2 atom stereocenters. The Bertz CT molecular complexity index is 1130. The maximum absolute atomic E-state index is 13.3. The Labute approximate surface area is 180 Å². The van der Waals surface area contributed by atoms with Crippen molar-refractivity contribution >= 4 is 27.3 Å². The number of amides is 2. The van der Waals surface area contributed by atoms with Gasteiger partial charge in [-0.2, -0.15) is 0 Å². The molecule has 9 nitrogen and oxygen atoms in total. The van der Waals surface area contributed by atoms with Gasteiger partial charge in [0.2, 0.25) is 0 Å². The van der Waals surface area contributed by atoms with Crippen LogP contribution in [0, 0.1) is 0 Å². The lowest BCUT2D eigenvalue weighted by Gasteiger charge is -2.26. The summed E-state index contributed by atoms with van der Waals surface area (Å²) in [5.41, 5.74) is 0.770. The number of sulfone groups is 1. The van der Waals surface area contributed by atoms with Crippen LogP contribution in [-0.2, 0) is 9.84 Å². The van der Waals surface area contributed by atoms with E-state index in [4.69, 9.17) is 4.74 Å². The maximum Gasteiger partial charge on any atom is 0.264 e. The Hall–Kier alpha value is -3.11. The highest BCUT2D eigenvalue weighted by atomic mass is 32.2. The average Bonchev–Trinajstić information content (AvgIpc) is 2.92. The normalized spacial score (nSPS) is 15.5. The molecule has 0 saturated heterocycles. The van der Waals surface area contributed by atoms with Gasteiger partial charge in [0.05, 0.1) is 29.5 Å². The molecule has 0 radical (unpaired) electrons. The summed E-state index contributed by atoms with van der Waals surface area (Å²) in [4.78, 5) is 27.4. The highest BCUT2D eigenvalue weighted by Crippen LogP contribution is 2.38. The Morgan fingerprint density at radius 2 is 1.87 bits per heavy atom. The summed E-state index contributed by atoms with van der Waals surface area (Å²) >= 11 is 0. The van der Waals surface area contributed by atoms with Crippen LogP contribution in [-0.4, -0.2) is 60.2 Å². The number of nitrogens with zero attached hydrogens (tertiary/aromatic N) is 1. The molecule has 166 valence electrons. The predicted molar refractivity (Wildman–Crippen MR) is 114 cm³/mol. The van der Waals surface area contributed by atoms with Crippen molar-refractivity contribution in [2.45, 2.75) is 26.1 Å². The van der Waals surface area contributed by atoms with E-state index >= 15 is 0 Å². The van der Waals surface area contributed by atoms with Crippen molar-refractivity contribution < 1.29 is 33.0 Å². The Morgan fingerprint density at radius 1 is 1.16 bits per heavy atom. The fraction of sp³-hybridized carbons (Fsp3) is 0.333. The molecule has 0 aromatic heterocycles. The summed E-state index contributed by atoms with van der Waals surface area (Å²) in [6, 6.07) is 7.66. The van der Waals surface area contributed by atoms with Crippen molar-refractivity contribution in [1.82, 2.24) is 4.90 Å². The molecule has 2 amide bonds. The molecule has 1 unspecified atom stereocenters. The van der Waals surface area contributed by atoms with Gasteiger partial charge < -0.3 is 20.3 Å². The molecular formula is C21H24N2O7S. The largest absolute Gasteiger partial charge is 0.504 e. The quantitative estimate of drug-likeness (QED) is 0.412. The van der Waals surface area contributed by atoms with Crippen LogP contribution in [0.5, 0.6) is 11.5 Å². The van der Waals surface area contributed by atoms with E-state index in [0.29, 0.717) is 5.56 Å². The van der Waals surface area contributed by atoms with Crippen LogP contribution < -0.4 is 10.1 Å². The topological polar surface area (TPSA) is 133 Å². The van der Waals surface area contributed by atoms with Crippen LogP contribution >= 0.6 is 0 Å². The maximum atomic E-state index is 13.3. The second kappa shape index (κ2) is 8.56. The molecule has 1 aliphatic heterocycles. The lowest BCUT2D eigenvalue weighted by atomic mass is 10.1. The number of nitrogens with one attached hydrogen (secondary N) is 1. The van der Waals surface area contributed by atoms with E-state index < -0.39 is 39.7 Å². The molecule has 31 heavy (non-hydrogen) atoms. The number of rotatable bonds is 8. The second-order valence-corrected chi connectivity index (χ2v) is 9.48. The number of aromatic hydroxyl groups is 1. The third-order valence-electron chi connectivity index (χ3n) is 4.75. The van der Waals surface area contributed by atoms with Crippen LogP contribution in [0.15, 0.2) is 36.4 Å². The number of ether oxygens (including phenoxy) is 1. The number of fused-ring (bicyclic) bond motifs is 1. The lowest BCUT2D eigenvalue weighted by molar-refractivity contribution is 0.0598. The number of carbonyl (C=O) groups is 2. The number of aliphatic hydroxyl groups excluding tert-OH is 1. The summed E-state index contributed by atoms with van der Waals surface area (Å²) < 4.78 is 29.7. The fourth-order valence-corrected chi connectivity index (χ4v) is 4.46. The van der Waals surface area contributed by atoms with Gasteiger partial charge in [-0.3, -0.25) is 14.5 Å². The third kappa shape index (κ3) is 4.64. The Balaban J connectivity index is 2.12. The first-order valence-electron chi connectivity index (χ1n) is 9.62. The number of benzene rings is 2. The van der Waals surface area contributed by atoms with E-state index in [-0.39, 0.29) is 34.9 Å². The van der Waals surface area contributed by atoms with E-state index in [1.165, 1.54) is 31.2 Å². The van der Waals surface area contributed by atoms with Gasteiger partial charge in [0.1, 0.15) is 16.1 Å². The summed E-state index contributed by atoms with van der Waals surface area (Å²) in [5, 5.41) is 22.4. The number of anilines is 1. The highest BCUT2D eigenvalue weighted by Gasteiger charge is 2.43. The molecule has 0 aliphatic carbocycles. The Morgan fingerprint density at radius 3 is 2.48 bits per heavy atom. The van der Waals surface area contributed by atoms with E-state index in [9.17, 15) is 28.2 Å². The van der Waals surface area contributed by atoms with Crippen molar-refractivity contribution in [3.63, 3.8) is 0 Å². The van der Waals surface area contributed by atoms with Crippen LogP contribution in [0.4, 0.5) is 5.69 Å². The van der Waals surface area contributed by atoms with Gasteiger partial charge >= 0.3 is 0 Å². The molecule has 0 saturated carbocycles. The number of phenolic OH excluding ortho intramolecular Hbond substituents is 1. The molecule has 0 spiro atoms. The first-order chi connectivity index (χ1) is 14.5. The minimum Gasteiger partial charge on any atom is -0.504 e. The number of hydrogen-bond acceptors (Lipinski definition) is 8. The van der Waals surface area contributed by atoms with Crippen molar-refractivity contribution in [2.24, 2.45) is 0 Å². The SMILES string of the molecule is CCOc1cc([C@@H](CS(C)(=O)=O)N2C(=O)c3cccc(NC(C)O)c3C2=O)ccc1O. The van der Waals surface area contributed by atoms with Crippen LogP contribution in [0.2, 0.25) is 0 Å². The molecule has 1 heterocycles. The standard InChI is InChI=1S/C21H24N2O7S/c1-4-30-18-10-13(8-9-17(18)25)16(11-31(3,28)29)23-20(26)14-6-5-7-15(22-12(2)24)19(14)21(23)27/h5-10,12,16,22,24-25H,4,11H2,1-3H3/t12?,16-/m1/s1. The summed E-state index contributed by atoms with van der Waals surface area (Å²) in [6.07, 6.45) is 0.0451. The van der Waals surface area contributed by atoms with E-state index in [0.717, 1.165) is 11.2 Å². The molecule has 0 fully saturated rings. The number of imide groups is 1. The third-order valence-corrected chi connectivity index (χ3v) is 5.67. The van der Waals surface area contributed by atoms with Gasteiger partial charge in [0.15, 0.2) is 11.5 Å². The average molecular weight is 448 g/mol. The molecule has 2 aromatic carbocycles. The monoisotopic (exact) mass is 448 g/mol. The van der Waals surface area contributed by atoms with Crippen LogP contribution in [0.1, 0.15) is 46.2 Å². The van der Waals surface area contributed by atoms with Crippen LogP contribution in [0.25, 0.3) is 0 Å². The first kappa shape index (κ1) is 22.6. The minimum atomic E-state index is -3.61. The fourth-order valence-electron chi connectivity index (χ4n) is 3.55. The molecule has 0 bridgehead atoms. The summed E-state index contributed by atoms with van der Waals surface area (Å²) in [6.45, 7) is 3.45. The lowest BCUT2D eigenvalue weighted by Crippen LogP contribution is -2.37. The molecule has 1 aliphatic rings. The second-order valence-electron chi connectivity index (χ2n) is 7.30. The van der Waals surface area contributed by atoms with Gasteiger partial charge in [-0.1, -0.05) is 12.1 Å². The van der Waals surface area contributed by atoms with Crippen molar-refractivity contribution in [2.75, 3.05) is 23.9 Å². The van der Waals surface area contributed by atoms with E-state index in [2.05, 4.69) is 5.32 Å². The van der Waals surface area contributed by atoms with Crippen molar-refractivity contribution in [3.8, 4) is 11.5 Å². The summed E-state index contributed by atoms with van der Waals surface area (Å²) in [5.74, 6) is -1.85. The number of hydrogen-bond donors (Lipinski definition) is 3. The van der Waals surface area contributed by atoms with Gasteiger partial charge in [0.25, 0.3) is 11.8 Å². The molecule has 2 aromatic rings. The van der Waals surface area contributed by atoms with Gasteiger partial charge in [-0.15, -0.1) is 0 Å². The molecule has 3 rings (SSSR count). The highest BCUT2D eigenvalue weighted by molar-refractivity contribution is 7.90. The molecule has 10 heteroatoms. The predicted octanol–water partition coefficient (Wildman–Crippen LogP) is 1.92. The smallest absolute Gasteiger partial charge is 0.264 e. The number of carbonyl (C=O) groups excluding carboxylic acids is 2. The van der Waals surface area contributed by atoms with Crippen molar-refractivity contribution in [3.05, 3.63) is 53.1 Å². The first-order valence-corrected chi connectivity index (χ1v) is 11.7.